The summed E-state index contributed by atoms with van der Waals surface area (Å²) in [5, 5.41) is 4.18. The van der Waals surface area contributed by atoms with E-state index in [2.05, 4.69) is 78.2 Å². The van der Waals surface area contributed by atoms with Crippen LogP contribution >= 0.6 is 23.8 Å². The molecule has 0 aliphatic carbocycles. The first-order valence-electron chi connectivity index (χ1n) is 8.65. The Morgan fingerprint density at radius 1 is 0.783 bits per heavy atom. The van der Waals surface area contributed by atoms with Gasteiger partial charge in [0.15, 0.2) is 0 Å². The second-order valence-corrected chi connectivity index (χ2v) is 17.0. The van der Waals surface area contributed by atoms with E-state index in [1.54, 1.807) is 10.6 Å². The molecule has 1 aromatic rings. The monoisotopic (exact) mass is 366 g/mol. The number of benzene rings is 1. The van der Waals surface area contributed by atoms with E-state index in [0.717, 1.165) is 0 Å². The van der Waals surface area contributed by atoms with Gasteiger partial charge in [0.1, 0.15) is 0 Å². The standard InChI is InChI=1S/C20H33P3/c1-8-21-13-15-22(19(2,3)4)17-11-9-10-12-18(17)23(16-14-21)20(5,6)7/h8-12H,1,13-16H2,2-7H3. The average molecular weight is 366 g/mol. The zero-order valence-corrected chi connectivity index (χ0v) is 18.4. The van der Waals surface area contributed by atoms with Gasteiger partial charge in [0.05, 0.1) is 0 Å². The predicted molar refractivity (Wildman–Crippen MR) is 116 cm³/mol. The van der Waals surface area contributed by atoms with Gasteiger partial charge < -0.3 is 0 Å². The molecule has 23 heavy (non-hydrogen) atoms. The summed E-state index contributed by atoms with van der Waals surface area (Å²) in [4.78, 5) is 0. The summed E-state index contributed by atoms with van der Waals surface area (Å²) < 4.78 is 0. The van der Waals surface area contributed by atoms with E-state index >= 15 is 0 Å². The highest BCUT2D eigenvalue weighted by Gasteiger charge is 2.34. The van der Waals surface area contributed by atoms with Crippen LogP contribution in [0.25, 0.3) is 0 Å². The van der Waals surface area contributed by atoms with Gasteiger partial charge in [-0.2, -0.15) is 0 Å². The number of rotatable bonds is 1. The highest BCUT2D eigenvalue weighted by atomic mass is 31.1. The SMILES string of the molecule is C=CP1CCP(C(C)(C)C)c2ccccc2P(C(C)(C)C)CC1. The summed E-state index contributed by atoms with van der Waals surface area (Å²) in [5.74, 6) is 2.29. The van der Waals surface area contributed by atoms with Crippen LogP contribution in [0.4, 0.5) is 0 Å². The smallest absolute Gasteiger partial charge is 0.0139 e. The molecule has 1 heterocycles. The molecule has 0 radical (unpaired) electrons. The molecule has 2 unspecified atom stereocenters. The van der Waals surface area contributed by atoms with Crippen LogP contribution in [-0.2, 0) is 0 Å². The normalized spacial score (nSPS) is 26.6. The van der Waals surface area contributed by atoms with Crippen molar-refractivity contribution in [1.82, 2.24) is 0 Å². The first-order valence-corrected chi connectivity index (χ1v) is 13.5. The summed E-state index contributed by atoms with van der Waals surface area (Å²) in [6.45, 7) is 18.8. The second-order valence-electron chi connectivity index (χ2n) is 8.35. The average Bonchev–Trinajstić information content (AvgIpc) is 2.51. The molecule has 2 atom stereocenters. The summed E-state index contributed by atoms with van der Waals surface area (Å²) in [6, 6.07) is 9.44. The Labute approximate surface area is 147 Å². The Balaban J connectivity index is 2.56. The van der Waals surface area contributed by atoms with E-state index in [1.165, 1.54) is 24.6 Å². The van der Waals surface area contributed by atoms with Crippen molar-refractivity contribution >= 4 is 34.4 Å². The quantitative estimate of drug-likeness (QED) is 0.524. The van der Waals surface area contributed by atoms with E-state index in [-0.39, 0.29) is 23.8 Å². The van der Waals surface area contributed by atoms with Crippen LogP contribution in [0.15, 0.2) is 36.7 Å². The van der Waals surface area contributed by atoms with Gasteiger partial charge in [-0.3, -0.25) is 0 Å². The lowest BCUT2D eigenvalue weighted by Crippen LogP contribution is -2.34. The zero-order chi connectivity index (χ0) is 17.3. The first kappa shape index (κ1) is 19.6. The second kappa shape index (κ2) is 7.65. The molecular formula is C20H33P3. The van der Waals surface area contributed by atoms with Crippen LogP contribution in [0, 0.1) is 0 Å². The Bertz CT molecular complexity index is 492. The van der Waals surface area contributed by atoms with E-state index in [1.807, 2.05) is 0 Å². The lowest BCUT2D eigenvalue weighted by atomic mass is 10.2. The molecule has 0 amide bonds. The van der Waals surface area contributed by atoms with Crippen LogP contribution in [0.3, 0.4) is 0 Å². The van der Waals surface area contributed by atoms with E-state index < -0.39 is 0 Å². The van der Waals surface area contributed by atoms with Crippen molar-refractivity contribution in [3.05, 3.63) is 36.7 Å². The van der Waals surface area contributed by atoms with E-state index in [4.69, 9.17) is 0 Å². The van der Waals surface area contributed by atoms with Gasteiger partial charge in [-0.1, -0.05) is 102 Å². The summed E-state index contributed by atoms with van der Waals surface area (Å²) in [5.41, 5.74) is 0. The molecule has 0 saturated carbocycles. The third-order valence-corrected chi connectivity index (χ3v) is 14.1. The first-order chi connectivity index (χ1) is 10.6. The summed E-state index contributed by atoms with van der Waals surface area (Å²) in [6.07, 6.45) is 5.51. The number of hydrogen-bond donors (Lipinski definition) is 0. The molecule has 0 saturated heterocycles. The van der Waals surface area contributed by atoms with Crippen LogP contribution < -0.4 is 10.6 Å². The van der Waals surface area contributed by atoms with E-state index in [9.17, 15) is 0 Å². The van der Waals surface area contributed by atoms with Crippen molar-refractivity contribution in [2.45, 2.75) is 51.9 Å². The topological polar surface area (TPSA) is 0 Å². The molecule has 0 aromatic heterocycles. The Kier molecular flexibility index (Phi) is 6.51. The van der Waals surface area contributed by atoms with Crippen molar-refractivity contribution in [2.75, 3.05) is 24.6 Å². The minimum absolute atomic E-state index is 0.0160. The van der Waals surface area contributed by atoms with Gasteiger partial charge in [0.25, 0.3) is 0 Å². The molecule has 2 rings (SSSR count). The van der Waals surface area contributed by atoms with Gasteiger partial charge in [0.2, 0.25) is 0 Å². The fraction of sp³-hybridized carbons (Fsp3) is 0.600. The maximum Gasteiger partial charge on any atom is -0.0139 e. The molecule has 1 aliphatic heterocycles. The molecule has 1 aromatic carbocycles. The van der Waals surface area contributed by atoms with E-state index in [0.29, 0.717) is 10.3 Å². The Hall–Kier alpha value is 0.250. The summed E-state index contributed by atoms with van der Waals surface area (Å²) in [7, 11) is -0.206. The molecular weight excluding hydrogens is 333 g/mol. The lowest BCUT2D eigenvalue weighted by molar-refractivity contribution is 0.785. The molecule has 0 bridgehead atoms. The third kappa shape index (κ3) is 4.88. The van der Waals surface area contributed by atoms with Crippen LogP contribution in [0.1, 0.15) is 41.5 Å². The molecule has 1 aliphatic rings. The molecule has 0 N–H and O–H groups in total. The predicted octanol–water partition coefficient (Wildman–Crippen LogP) is 6.14. The highest BCUT2D eigenvalue weighted by molar-refractivity contribution is 7.75. The lowest BCUT2D eigenvalue weighted by Gasteiger charge is -2.37. The minimum atomic E-state index is -0.111. The van der Waals surface area contributed by atoms with Crippen molar-refractivity contribution in [3.8, 4) is 0 Å². The van der Waals surface area contributed by atoms with Crippen molar-refractivity contribution in [3.63, 3.8) is 0 Å². The van der Waals surface area contributed by atoms with Gasteiger partial charge in [-0.05, 0) is 45.6 Å². The molecule has 0 fully saturated rings. The number of hydrogen-bond acceptors (Lipinski definition) is 0. The van der Waals surface area contributed by atoms with Crippen molar-refractivity contribution in [2.24, 2.45) is 0 Å². The van der Waals surface area contributed by atoms with Gasteiger partial charge in [-0.25, -0.2) is 0 Å². The maximum absolute atomic E-state index is 4.15. The largest absolute Gasteiger partial charge is 0.0986 e. The highest BCUT2D eigenvalue weighted by Crippen LogP contribution is 2.57. The Morgan fingerprint density at radius 3 is 1.48 bits per heavy atom. The third-order valence-electron chi connectivity index (χ3n) is 4.56. The fourth-order valence-corrected chi connectivity index (χ4v) is 12.8. The zero-order valence-electron chi connectivity index (χ0n) is 15.8. The van der Waals surface area contributed by atoms with Gasteiger partial charge >= 0.3 is 0 Å². The van der Waals surface area contributed by atoms with Crippen molar-refractivity contribution in [1.29, 1.82) is 0 Å². The number of fused-ring (bicyclic) bond motifs is 1. The maximum atomic E-state index is 4.15. The minimum Gasteiger partial charge on any atom is -0.0986 e. The summed E-state index contributed by atoms with van der Waals surface area (Å²) >= 11 is 0. The van der Waals surface area contributed by atoms with Crippen LogP contribution in [0.2, 0.25) is 0 Å². The molecule has 3 heteroatoms. The fourth-order valence-electron chi connectivity index (χ4n) is 3.31. The Morgan fingerprint density at radius 2 is 1.17 bits per heavy atom. The molecule has 128 valence electrons. The molecule has 0 nitrogen and oxygen atoms in total. The van der Waals surface area contributed by atoms with Crippen LogP contribution in [-0.4, -0.2) is 35.0 Å². The molecule has 0 spiro atoms. The van der Waals surface area contributed by atoms with Crippen LogP contribution in [0.5, 0.6) is 0 Å². The van der Waals surface area contributed by atoms with Crippen molar-refractivity contribution < 1.29 is 0 Å². The van der Waals surface area contributed by atoms with Gasteiger partial charge in [-0.15, -0.1) is 0 Å². The van der Waals surface area contributed by atoms with Gasteiger partial charge in [0, 0.05) is 0 Å².